The molecule has 34 heavy (non-hydrogen) atoms. The summed E-state index contributed by atoms with van der Waals surface area (Å²) in [5.41, 5.74) is 1.96. The Hall–Kier alpha value is -2.97. The Morgan fingerprint density at radius 2 is 1.71 bits per heavy atom. The van der Waals surface area contributed by atoms with Crippen LogP contribution in [-0.4, -0.2) is 30.3 Å². The molecule has 0 radical (unpaired) electrons. The molecule has 2 aliphatic carbocycles. The van der Waals surface area contributed by atoms with Crippen molar-refractivity contribution >= 4 is 62.6 Å². The molecular formula is C25H20BrClN2O5. The van der Waals surface area contributed by atoms with Crippen molar-refractivity contribution in [3.8, 4) is 0 Å². The first-order valence-corrected chi connectivity index (χ1v) is 12.0. The summed E-state index contributed by atoms with van der Waals surface area (Å²) >= 11 is 9.39. The molecule has 2 aromatic carbocycles. The summed E-state index contributed by atoms with van der Waals surface area (Å²) in [4.78, 5) is 51.7. The molecule has 0 aromatic heterocycles. The molecule has 3 amide bonds. The number of hydrogen-bond acceptors (Lipinski definition) is 5. The lowest BCUT2D eigenvalue weighted by atomic mass is 9.85. The number of nitrogens with zero attached hydrogens (tertiary/aromatic N) is 1. The van der Waals surface area contributed by atoms with E-state index >= 15 is 0 Å². The van der Waals surface area contributed by atoms with Crippen LogP contribution in [0.5, 0.6) is 0 Å². The predicted molar refractivity (Wildman–Crippen MR) is 129 cm³/mol. The Morgan fingerprint density at radius 3 is 2.32 bits per heavy atom. The van der Waals surface area contributed by atoms with Crippen molar-refractivity contribution in [3.63, 3.8) is 0 Å². The lowest BCUT2D eigenvalue weighted by Gasteiger charge is -2.17. The molecule has 0 spiro atoms. The van der Waals surface area contributed by atoms with E-state index in [1.165, 1.54) is 17.0 Å². The monoisotopic (exact) mass is 542 g/mol. The van der Waals surface area contributed by atoms with Gasteiger partial charge in [-0.3, -0.25) is 19.3 Å². The highest BCUT2D eigenvalue weighted by atomic mass is 79.9. The second-order valence-corrected chi connectivity index (χ2v) is 10.0. The molecule has 7 nitrogen and oxygen atoms in total. The van der Waals surface area contributed by atoms with E-state index in [4.69, 9.17) is 16.3 Å². The fourth-order valence-electron chi connectivity index (χ4n) is 5.09. The Morgan fingerprint density at radius 1 is 1.09 bits per heavy atom. The fraction of sp³-hybridized carbons (Fsp3) is 0.280. The fourth-order valence-corrected chi connectivity index (χ4v) is 5.71. The standard InChI is InChI=1S/C25H20BrClN2O5/c1-12-8-17(26)18(27)10-19(12)28-20(30)11-34-25(33)13-4-6-16(7-5-13)29-23(31)21-14-2-3-15(9-14)22(21)24(29)32/h2-8,10,14-15,21-22H,9,11H2,1H3,(H,28,30)/t14-,15-,21-,22+/m0/s1. The smallest absolute Gasteiger partial charge is 0.338 e. The van der Waals surface area contributed by atoms with E-state index in [9.17, 15) is 19.2 Å². The molecular weight excluding hydrogens is 524 g/mol. The Kier molecular flexibility index (Phi) is 5.81. The van der Waals surface area contributed by atoms with E-state index in [0.717, 1.165) is 12.0 Å². The van der Waals surface area contributed by atoms with Crippen LogP contribution in [0.4, 0.5) is 11.4 Å². The van der Waals surface area contributed by atoms with Crippen LogP contribution in [0.25, 0.3) is 0 Å². The van der Waals surface area contributed by atoms with E-state index < -0.39 is 18.5 Å². The number of amides is 3. The average Bonchev–Trinajstić information content (AvgIpc) is 3.49. The summed E-state index contributed by atoms with van der Waals surface area (Å²) in [6, 6.07) is 9.45. The first kappa shape index (κ1) is 22.8. The van der Waals surface area contributed by atoms with Crippen molar-refractivity contribution in [3.05, 3.63) is 69.2 Å². The minimum Gasteiger partial charge on any atom is -0.452 e. The van der Waals surface area contributed by atoms with Gasteiger partial charge < -0.3 is 10.1 Å². The summed E-state index contributed by atoms with van der Waals surface area (Å²) in [5.74, 6) is -1.85. The highest BCUT2D eigenvalue weighted by Gasteiger charge is 2.59. The number of rotatable bonds is 5. The number of ether oxygens (including phenoxy) is 1. The number of hydrogen-bond donors (Lipinski definition) is 1. The number of imide groups is 1. The van der Waals surface area contributed by atoms with Gasteiger partial charge in [-0.1, -0.05) is 23.8 Å². The van der Waals surface area contributed by atoms with E-state index in [1.54, 1.807) is 24.3 Å². The number of carbonyl (C=O) groups excluding carboxylic acids is 4. The van der Waals surface area contributed by atoms with Crippen LogP contribution in [0.1, 0.15) is 22.3 Å². The third-order valence-corrected chi connectivity index (χ3v) is 7.90. The molecule has 174 valence electrons. The first-order valence-electron chi connectivity index (χ1n) is 10.8. The molecule has 1 heterocycles. The van der Waals surface area contributed by atoms with E-state index in [1.807, 2.05) is 19.1 Å². The molecule has 0 unspecified atom stereocenters. The van der Waals surface area contributed by atoms with Gasteiger partial charge in [0.15, 0.2) is 6.61 Å². The third kappa shape index (κ3) is 3.84. The Balaban J connectivity index is 1.20. The number of fused-ring (bicyclic) bond motifs is 5. The number of nitrogens with one attached hydrogen (secondary N) is 1. The van der Waals surface area contributed by atoms with Crippen LogP contribution >= 0.6 is 27.5 Å². The van der Waals surface area contributed by atoms with Crippen molar-refractivity contribution in [1.82, 2.24) is 0 Å². The maximum atomic E-state index is 12.9. The summed E-state index contributed by atoms with van der Waals surface area (Å²) in [6.07, 6.45) is 4.96. The van der Waals surface area contributed by atoms with E-state index in [0.29, 0.717) is 20.9 Å². The summed E-state index contributed by atoms with van der Waals surface area (Å²) in [6.45, 7) is 1.34. The van der Waals surface area contributed by atoms with Gasteiger partial charge in [-0.15, -0.1) is 0 Å². The maximum Gasteiger partial charge on any atom is 0.338 e. The molecule has 1 saturated heterocycles. The highest BCUT2D eigenvalue weighted by Crippen LogP contribution is 2.53. The summed E-state index contributed by atoms with van der Waals surface area (Å²) in [7, 11) is 0. The van der Waals surface area contributed by atoms with Gasteiger partial charge in [0.2, 0.25) is 11.8 Å². The van der Waals surface area contributed by atoms with Gasteiger partial charge in [-0.05, 0) is 83.1 Å². The Labute approximate surface area is 209 Å². The second-order valence-electron chi connectivity index (χ2n) is 8.76. The molecule has 4 atom stereocenters. The van der Waals surface area contributed by atoms with Crippen LogP contribution in [0.15, 0.2) is 53.0 Å². The second kappa shape index (κ2) is 8.67. The lowest BCUT2D eigenvalue weighted by molar-refractivity contribution is -0.123. The van der Waals surface area contributed by atoms with E-state index in [-0.39, 0.29) is 41.0 Å². The van der Waals surface area contributed by atoms with Gasteiger partial charge in [0.05, 0.1) is 28.1 Å². The molecule has 2 fully saturated rings. The maximum absolute atomic E-state index is 12.9. The van der Waals surface area contributed by atoms with Crippen LogP contribution in [0.3, 0.4) is 0 Å². The van der Waals surface area contributed by atoms with Crippen LogP contribution in [0.2, 0.25) is 5.02 Å². The van der Waals surface area contributed by atoms with Crippen LogP contribution in [0, 0.1) is 30.6 Å². The van der Waals surface area contributed by atoms with E-state index in [2.05, 4.69) is 21.2 Å². The minimum absolute atomic E-state index is 0.133. The number of anilines is 2. The number of carbonyl (C=O) groups is 4. The number of benzene rings is 2. The molecule has 2 bridgehead atoms. The first-order chi connectivity index (χ1) is 16.2. The zero-order valence-corrected chi connectivity index (χ0v) is 20.4. The zero-order valence-electron chi connectivity index (χ0n) is 18.1. The average molecular weight is 544 g/mol. The van der Waals surface area contributed by atoms with Gasteiger partial charge in [-0.2, -0.15) is 0 Å². The van der Waals surface area contributed by atoms with Gasteiger partial charge in [-0.25, -0.2) is 4.79 Å². The Bertz CT molecular complexity index is 1230. The molecule has 1 N–H and O–H groups in total. The van der Waals surface area contributed by atoms with Crippen molar-refractivity contribution in [2.45, 2.75) is 13.3 Å². The number of aryl methyl sites for hydroxylation is 1. The van der Waals surface area contributed by atoms with Gasteiger partial charge in [0, 0.05) is 10.2 Å². The number of allylic oxidation sites excluding steroid dienone is 2. The van der Waals surface area contributed by atoms with Crippen LogP contribution < -0.4 is 10.2 Å². The molecule has 2 aromatic rings. The molecule has 9 heteroatoms. The van der Waals surface area contributed by atoms with Crippen molar-refractivity contribution in [1.29, 1.82) is 0 Å². The van der Waals surface area contributed by atoms with Crippen LogP contribution in [-0.2, 0) is 19.1 Å². The molecule has 5 rings (SSSR count). The largest absolute Gasteiger partial charge is 0.452 e. The van der Waals surface area contributed by atoms with Crippen molar-refractivity contribution in [2.24, 2.45) is 23.7 Å². The van der Waals surface area contributed by atoms with Gasteiger partial charge in [0.25, 0.3) is 5.91 Å². The third-order valence-electron chi connectivity index (χ3n) is 6.71. The summed E-state index contributed by atoms with van der Waals surface area (Å²) < 4.78 is 5.82. The normalized spacial score (nSPS) is 24.5. The molecule has 1 saturated carbocycles. The lowest BCUT2D eigenvalue weighted by Crippen LogP contribution is -2.32. The quantitative estimate of drug-likeness (QED) is 0.340. The van der Waals surface area contributed by atoms with Gasteiger partial charge in [0.1, 0.15) is 0 Å². The highest BCUT2D eigenvalue weighted by molar-refractivity contribution is 9.10. The summed E-state index contributed by atoms with van der Waals surface area (Å²) in [5, 5.41) is 3.11. The van der Waals surface area contributed by atoms with Gasteiger partial charge >= 0.3 is 5.97 Å². The predicted octanol–water partition coefficient (Wildman–Crippen LogP) is 4.52. The number of halogens is 2. The zero-order chi connectivity index (χ0) is 24.1. The van der Waals surface area contributed by atoms with Crippen molar-refractivity contribution < 1.29 is 23.9 Å². The molecule has 3 aliphatic rings. The molecule has 1 aliphatic heterocycles. The SMILES string of the molecule is Cc1cc(Br)c(Cl)cc1NC(=O)COC(=O)c1ccc(N2C(=O)[C@@H]3[C@H](C2=O)[C@H]2C=C[C@H]3C2)cc1. The topological polar surface area (TPSA) is 92.8 Å². The number of esters is 1. The minimum atomic E-state index is -0.689. The van der Waals surface area contributed by atoms with Crippen molar-refractivity contribution in [2.75, 3.05) is 16.8 Å².